The Morgan fingerprint density at radius 1 is 1.35 bits per heavy atom. The Hall–Kier alpha value is -2.83. The molecule has 1 aliphatic rings. The Balaban J connectivity index is 2.03. The summed E-state index contributed by atoms with van der Waals surface area (Å²) in [4.78, 5) is 37.7. The molecule has 1 saturated heterocycles. The molecule has 1 atom stereocenters. The molecule has 1 aliphatic heterocycles. The lowest BCUT2D eigenvalue weighted by Crippen LogP contribution is -2.41. The smallest absolute Gasteiger partial charge is 0.340 e. The molecule has 0 unspecified atom stereocenters. The van der Waals surface area contributed by atoms with Gasteiger partial charge in [-0.2, -0.15) is 0 Å². The molecule has 0 radical (unpaired) electrons. The summed E-state index contributed by atoms with van der Waals surface area (Å²) in [5.74, 6) is -0.828. The second-order valence-electron chi connectivity index (χ2n) is 6.59. The topological polar surface area (TPSA) is 97.0 Å². The number of carboxylic acid groups (broad SMARTS) is 1. The van der Waals surface area contributed by atoms with Crippen molar-refractivity contribution in [2.24, 2.45) is 0 Å². The molecule has 26 heavy (non-hydrogen) atoms. The lowest BCUT2D eigenvalue weighted by molar-refractivity contribution is -0.148. The quantitative estimate of drug-likeness (QED) is 0.839. The number of benzene rings is 1. The minimum absolute atomic E-state index is 0.190. The molecule has 1 amide bonds. The van der Waals surface area contributed by atoms with Gasteiger partial charge >= 0.3 is 11.6 Å². The normalized spacial score (nSPS) is 16.9. The van der Waals surface area contributed by atoms with Crippen molar-refractivity contribution in [3.8, 4) is 5.75 Å². The number of carbonyl (C=O) groups excluding carboxylic acids is 1. The summed E-state index contributed by atoms with van der Waals surface area (Å²) in [6, 6.07) is 2.76. The van der Waals surface area contributed by atoms with Crippen LogP contribution < -0.4 is 10.4 Å². The number of carboxylic acids is 1. The fraction of sp³-hybridized carbons (Fsp3) is 0.421. The Bertz CT molecular complexity index is 945. The Morgan fingerprint density at radius 3 is 2.73 bits per heavy atom. The van der Waals surface area contributed by atoms with Crippen molar-refractivity contribution >= 4 is 22.8 Å². The first kappa shape index (κ1) is 18.0. The first-order chi connectivity index (χ1) is 12.3. The number of ether oxygens (including phenoxy) is 1. The summed E-state index contributed by atoms with van der Waals surface area (Å²) in [5.41, 5.74) is 1.57. The van der Waals surface area contributed by atoms with Gasteiger partial charge in [0, 0.05) is 6.54 Å². The van der Waals surface area contributed by atoms with Crippen LogP contribution in [0.3, 0.4) is 0 Å². The van der Waals surface area contributed by atoms with Gasteiger partial charge in [-0.15, -0.1) is 0 Å². The van der Waals surface area contributed by atoms with Gasteiger partial charge in [-0.05, 0) is 49.9 Å². The Morgan fingerprint density at radius 2 is 2.08 bits per heavy atom. The number of methoxy groups -OCH3 is 1. The van der Waals surface area contributed by atoms with E-state index in [0.717, 1.165) is 5.56 Å². The van der Waals surface area contributed by atoms with Crippen LogP contribution in [0.25, 0.3) is 11.0 Å². The molecule has 138 valence electrons. The van der Waals surface area contributed by atoms with Gasteiger partial charge in [0.25, 0.3) is 0 Å². The van der Waals surface area contributed by atoms with Crippen molar-refractivity contribution in [3.05, 3.63) is 39.2 Å². The molecular formula is C19H21NO6. The van der Waals surface area contributed by atoms with Gasteiger partial charge in [-0.3, -0.25) is 4.79 Å². The van der Waals surface area contributed by atoms with E-state index in [2.05, 4.69) is 0 Å². The number of amides is 1. The number of fused-ring (bicyclic) bond motifs is 1. The average Bonchev–Trinajstić information content (AvgIpc) is 3.07. The maximum absolute atomic E-state index is 12.6. The number of rotatable bonds is 4. The third-order valence-corrected chi connectivity index (χ3v) is 4.89. The van der Waals surface area contributed by atoms with Crippen molar-refractivity contribution < 1.29 is 23.8 Å². The fourth-order valence-electron chi connectivity index (χ4n) is 3.58. The minimum atomic E-state index is -1.02. The van der Waals surface area contributed by atoms with E-state index in [-0.39, 0.29) is 17.9 Å². The molecule has 3 rings (SSSR count). The highest BCUT2D eigenvalue weighted by molar-refractivity contribution is 5.90. The van der Waals surface area contributed by atoms with E-state index >= 15 is 0 Å². The van der Waals surface area contributed by atoms with Gasteiger partial charge < -0.3 is 19.2 Å². The molecular weight excluding hydrogens is 338 g/mol. The summed E-state index contributed by atoms with van der Waals surface area (Å²) in [6.07, 6.45) is 0.880. The summed E-state index contributed by atoms with van der Waals surface area (Å²) < 4.78 is 10.8. The van der Waals surface area contributed by atoms with Crippen LogP contribution in [-0.2, 0) is 16.0 Å². The molecule has 7 heteroatoms. The highest BCUT2D eigenvalue weighted by Crippen LogP contribution is 2.31. The summed E-state index contributed by atoms with van der Waals surface area (Å²) in [6.45, 7) is 4.00. The number of likely N-dealkylation sites (tertiary alicyclic amines) is 1. The number of hydrogen-bond donors (Lipinski definition) is 1. The zero-order chi connectivity index (χ0) is 19.0. The molecule has 0 spiro atoms. The number of nitrogens with zero attached hydrogens (tertiary/aromatic N) is 1. The first-order valence-electron chi connectivity index (χ1n) is 8.46. The van der Waals surface area contributed by atoms with Gasteiger partial charge in [0.15, 0.2) is 0 Å². The Kier molecular flexibility index (Phi) is 4.71. The Labute approximate surface area is 150 Å². The molecule has 0 bridgehead atoms. The summed E-state index contributed by atoms with van der Waals surface area (Å²) in [5, 5.41) is 9.90. The van der Waals surface area contributed by atoms with Crippen molar-refractivity contribution in [2.45, 2.75) is 39.2 Å². The average molecular weight is 359 g/mol. The van der Waals surface area contributed by atoms with Crippen LogP contribution in [0.15, 0.2) is 21.3 Å². The minimum Gasteiger partial charge on any atom is -0.496 e. The third kappa shape index (κ3) is 3.05. The molecule has 1 aromatic heterocycles. The second kappa shape index (κ2) is 6.82. The molecule has 2 aromatic rings. The monoisotopic (exact) mass is 359 g/mol. The molecule has 0 aliphatic carbocycles. The van der Waals surface area contributed by atoms with Gasteiger partial charge in [0.05, 0.1) is 24.5 Å². The molecule has 2 heterocycles. The largest absolute Gasteiger partial charge is 0.496 e. The van der Waals surface area contributed by atoms with E-state index in [4.69, 9.17) is 9.15 Å². The summed E-state index contributed by atoms with van der Waals surface area (Å²) >= 11 is 0. The fourth-order valence-corrected chi connectivity index (χ4v) is 3.58. The standard InChI is InChI=1S/C19H21NO6/c1-10-7-14(25-3)17-11(2)12(19(24)26-15(17)8-10)9-16(21)20-6-4-5-13(20)18(22)23/h7-8,13H,4-6,9H2,1-3H3,(H,22,23)/t13-/m0/s1. The van der Waals surface area contributed by atoms with Crippen molar-refractivity contribution in [1.29, 1.82) is 0 Å². The SMILES string of the molecule is COc1cc(C)cc2oc(=O)c(CC(=O)N3CCC[C@H]3C(=O)O)c(C)c12. The van der Waals surface area contributed by atoms with Gasteiger partial charge in [0.2, 0.25) is 5.91 Å². The van der Waals surface area contributed by atoms with Gasteiger partial charge in [-0.25, -0.2) is 9.59 Å². The lowest BCUT2D eigenvalue weighted by Gasteiger charge is -2.21. The molecule has 0 saturated carbocycles. The number of hydrogen-bond acceptors (Lipinski definition) is 5. The third-order valence-electron chi connectivity index (χ3n) is 4.89. The van der Waals surface area contributed by atoms with Crippen LogP contribution in [0.1, 0.15) is 29.5 Å². The van der Waals surface area contributed by atoms with Crippen LogP contribution in [0, 0.1) is 13.8 Å². The highest BCUT2D eigenvalue weighted by atomic mass is 16.5. The summed E-state index contributed by atoms with van der Waals surface area (Å²) in [7, 11) is 1.53. The van der Waals surface area contributed by atoms with Crippen LogP contribution >= 0.6 is 0 Å². The van der Waals surface area contributed by atoms with Crippen molar-refractivity contribution in [3.63, 3.8) is 0 Å². The van der Waals surface area contributed by atoms with E-state index < -0.39 is 17.6 Å². The maximum atomic E-state index is 12.6. The highest BCUT2D eigenvalue weighted by Gasteiger charge is 2.34. The van der Waals surface area contributed by atoms with Crippen LogP contribution in [0.2, 0.25) is 0 Å². The number of aliphatic carboxylic acids is 1. The van der Waals surface area contributed by atoms with Crippen LogP contribution in [0.4, 0.5) is 0 Å². The number of aryl methyl sites for hydroxylation is 2. The molecule has 7 nitrogen and oxygen atoms in total. The van der Waals surface area contributed by atoms with E-state index in [9.17, 15) is 19.5 Å². The number of carbonyl (C=O) groups is 2. The van der Waals surface area contributed by atoms with Crippen molar-refractivity contribution in [1.82, 2.24) is 4.90 Å². The zero-order valence-corrected chi connectivity index (χ0v) is 15.0. The maximum Gasteiger partial charge on any atom is 0.340 e. The predicted molar refractivity (Wildman–Crippen MR) is 94.6 cm³/mol. The van der Waals surface area contributed by atoms with Gasteiger partial charge in [-0.1, -0.05) is 0 Å². The molecule has 1 aromatic carbocycles. The zero-order valence-electron chi connectivity index (χ0n) is 15.0. The van der Waals surface area contributed by atoms with E-state index in [1.165, 1.54) is 12.0 Å². The lowest BCUT2D eigenvalue weighted by atomic mass is 10.0. The second-order valence-corrected chi connectivity index (χ2v) is 6.59. The van der Waals surface area contributed by atoms with E-state index in [0.29, 0.717) is 41.7 Å². The van der Waals surface area contributed by atoms with Gasteiger partial charge in [0.1, 0.15) is 17.4 Å². The molecule has 1 fully saturated rings. The van der Waals surface area contributed by atoms with Crippen LogP contribution in [0.5, 0.6) is 5.75 Å². The van der Waals surface area contributed by atoms with E-state index in [1.54, 1.807) is 13.0 Å². The van der Waals surface area contributed by atoms with Crippen LogP contribution in [-0.4, -0.2) is 41.6 Å². The first-order valence-corrected chi connectivity index (χ1v) is 8.46. The predicted octanol–water partition coefficient (Wildman–Crippen LogP) is 2.04. The van der Waals surface area contributed by atoms with E-state index in [1.807, 2.05) is 13.0 Å². The molecule has 1 N–H and O–H groups in total. The van der Waals surface area contributed by atoms with Crippen molar-refractivity contribution in [2.75, 3.05) is 13.7 Å².